The van der Waals surface area contributed by atoms with Gasteiger partial charge in [-0.1, -0.05) is 12.1 Å². The van der Waals surface area contributed by atoms with Crippen LogP contribution >= 0.6 is 23.0 Å². The molecule has 2 aromatic rings. The molecule has 94 valence electrons. The highest BCUT2D eigenvalue weighted by Crippen LogP contribution is 2.35. The molecule has 2 rings (SSSR count). The van der Waals surface area contributed by atoms with E-state index in [4.69, 9.17) is 3.07 Å². The third-order valence-electron chi connectivity index (χ3n) is 3.29. The molecule has 2 aromatic carbocycles. The Kier molecular flexibility index (Phi) is 3.47. The Bertz CT molecular complexity index is 647. The number of hydrogen-bond acceptors (Lipinski definition) is 2. The Morgan fingerprint density at radius 1 is 1.17 bits per heavy atom. The van der Waals surface area contributed by atoms with E-state index in [1.54, 1.807) is 23.0 Å². The Morgan fingerprint density at radius 2 is 1.83 bits per heavy atom. The monoisotopic (exact) mass is 356 g/mol. The van der Waals surface area contributed by atoms with Crippen LogP contribution in [0.15, 0.2) is 18.2 Å². The number of hydrogen-bond donors (Lipinski definition) is 1. The van der Waals surface area contributed by atoms with Gasteiger partial charge in [-0.15, -0.1) is 0 Å². The van der Waals surface area contributed by atoms with E-state index in [1.165, 1.54) is 0 Å². The Labute approximate surface area is 119 Å². The molecular formula is C14H13IO3. The smallest absolute Gasteiger partial charge is 0.340 e. The van der Waals surface area contributed by atoms with E-state index in [0.29, 0.717) is 5.75 Å². The van der Waals surface area contributed by atoms with Crippen molar-refractivity contribution in [3.8, 4) is 5.75 Å². The Morgan fingerprint density at radius 3 is 2.39 bits per heavy atom. The Hall–Kier alpha value is -1.30. The maximum Gasteiger partial charge on any atom is 0.340 e. The number of benzene rings is 2. The molecule has 0 saturated carbocycles. The minimum atomic E-state index is -0.960. The van der Waals surface area contributed by atoms with Gasteiger partial charge >= 0.3 is 5.97 Å². The van der Waals surface area contributed by atoms with Crippen LogP contribution < -0.4 is 3.07 Å². The lowest BCUT2D eigenvalue weighted by Crippen LogP contribution is -2.02. The molecule has 0 aliphatic rings. The standard InChI is InChI=1S/C14H13IO3/c1-7-4-5-10-11(9(7)3)6-8(2)13(18-15)12(10)14(16)17/h4-6H,1-3H3,(H,16,17). The fourth-order valence-electron chi connectivity index (χ4n) is 2.15. The van der Waals surface area contributed by atoms with E-state index in [2.05, 4.69) is 0 Å². The van der Waals surface area contributed by atoms with Crippen LogP contribution in [0, 0.1) is 20.8 Å². The number of carboxylic acid groups (broad SMARTS) is 1. The summed E-state index contributed by atoms with van der Waals surface area (Å²) in [6.45, 7) is 5.89. The summed E-state index contributed by atoms with van der Waals surface area (Å²) >= 11 is 1.72. The van der Waals surface area contributed by atoms with Crippen LogP contribution in [0.3, 0.4) is 0 Å². The highest BCUT2D eigenvalue weighted by Gasteiger charge is 2.19. The van der Waals surface area contributed by atoms with Crippen LogP contribution in [0.5, 0.6) is 5.75 Å². The number of fused-ring (bicyclic) bond motifs is 1. The minimum absolute atomic E-state index is 0.238. The maximum atomic E-state index is 11.5. The molecule has 0 radical (unpaired) electrons. The van der Waals surface area contributed by atoms with Gasteiger partial charge < -0.3 is 8.17 Å². The lowest BCUT2D eigenvalue weighted by molar-refractivity contribution is 0.0697. The van der Waals surface area contributed by atoms with E-state index >= 15 is 0 Å². The molecule has 0 spiro atoms. The summed E-state index contributed by atoms with van der Waals surface area (Å²) in [4.78, 5) is 11.5. The van der Waals surface area contributed by atoms with Gasteiger partial charge in [-0.25, -0.2) is 4.79 Å². The SMILES string of the molecule is Cc1cc2c(C)c(C)ccc2c(C(=O)O)c1OI. The lowest BCUT2D eigenvalue weighted by atomic mass is 9.94. The second kappa shape index (κ2) is 4.76. The molecule has 0 saturated heterocycles. The number of rotatable bonds is 2. The maximum absolute atomic E-state index is 11.5. The first-order valence-corrected chi connectivity index (χ1v) is 6.40. The predicted molar refractivity (Wildman–Crippen MR) is 79.8 cm³/mol. The molecular weight excluding hydrogens is 343 g/mol. The van der Waals surface area contributed by atoms with Crippen molar-refractivity contribution in [2.24, 2.45) is 0 Å². The van der Waals surface area contributed by atoms with Crippen LogP contribution in [0.4, 0.5) is 0 Å². The average molecular weight is 356 g/mol. The molecule has 0 amide bonds. The van der Waals surface area contributed by atoms with Gasteiger partial charge in [0.15, 0.2) is 28.8 Å². The van der Waals surface area contributed by atoms with Crippen LogP contribution in [0.2, 0.25) is 0 Å². The molecule has 0 atom stereocenters. The molecule has 3 nitrogen and oxygen atoms in total. The van der Waals surface area contributed by atoms with Crippen molar-refractivity contribution in [2.75, 3.05) is 0 Å². The highest BCUT2D eigenvalue weighted by molar-refractivity contribution is 14.1. The summed E-state index contributed by atoms with van der Waals surface area (Å²) in [7, 11) is 0. The van der Waals surface area contributed by atoms with Gasteiger partial charge in [0.2, 0.25) is 0 Å². The zero-order valence-electron chi connectivity index (χ0n) is 10.4. The summed E-state index contributed by atoms with van der Waals surface area (Å²) in [6.07, 6.45) is 0. The van der Waals surface area contributed by atoms with Crippen molar-refractivity contribution in [3.05, 3.63) is 40.5 Å². The largest absolute Gasteiger partial charge is 0.478 e. The van der Waals surface area contributed by atoms with Crippen LogP contribution in [0.25, 0.3) is 10.8 Å². The van der Waals surface area contributed by atoms with Crippen molar-refractivity contribution in [1.29, 1.82) is 0 Å². The number of carboxylic acids is 1. The second-order valence-electron chi connectivity index (χ2n) is 4.38. The van der Waals surface area contributed by atoms with Crippen LogP contribution in [-0.4, -0.2) is 11.1 Å². The molecule has 0 bridgehead atoms. The molecule has 0 heterocycles. The first-order chi connectivity index (χ1) is 8.47. The van der Waals surface area contributed by atoms with E-state index in [0.717, 1.165) is 27.5 Å². The molecule has 1 N–H and O–H groups in total. The third-order valence-corrected chi connectivity index (χ3v) is 3.73. The van der Waals surface area contributed by atoms with E-state index in [9.17, 15) is 9.90 Å². The normalized spacial score (nSPS) is 10.7. The molecule has 0 aliphatic carbocycles. The number of aryl methyl sites for hydroxylation is 3. The van der Waals surface area contributed by atoms with E-state index in [1.807, 2.05) is 39.0 Å². The minimum Gasteiger partial charge on any atom is -0.478 e. The molecule has 18 heavy (non-hydrogen) atoms. The van der Waals surface area contributed by atoms with Crippen molar-refractivity contribution < 1.29 is 13.0 Å². The summed E-state index contributed by atoms with van der Waals surface area (Å²) in [5.41, 5.74) is 3.34. The highest BCUT2D eigenvalue weighted by atomic mass is 127. The van der Waals surface area contributed by atoms with Crippen molar-refractivity contribution >= 4 is 39.7 Å². The van der Waals surface area contributed by atoms with Crippen LogP contribution in [-0.2, 0) is 0 Å². The number of aromatic carboxylic acids is 1. The average Bonchev–Trinajstić information content (AvgIpc) is 2.32. The molecule has 4 heteroatoms. The van der Waals surface area contributed by atoms with Gasteiger partial charge in [0.1, 0.15) is 5.56 Å². The fraction of sp³-hybridized carbons (Fsp3) is 0.214. The first-order valence-electron chi connectivity index (χ1n) is 5.52. The summed E-state index contributed by atoms with van der Waals surface area (Å²) in [5, 5.41) is 11.1. The third kappa shape index (κ3) is 1.94. The summed E-state index contributed by atoms with van der Waals surface area (Å²) in [6, 6.07) is 5.77. The van der Waals surface area contributed by atoms with Crippen LogP contribution in [0.1, 0.15) is 27.0 Å². The molecule has 0 aliphatic heterocycles. The zero-order chi connectivity index (χ0) is 13.4. The fourth-order valence-corrected chi connectivity index (χ4v) is 2.72. The first kappa shape index (κ1) is 13.1. The molecule has 0 fully saturated rings. The van der Waals surface area contributed by atoms with Gasteiger partial charge in [-0.2, -0.15) is 0 Å². The quantitative estimate of drug-likeness (QED) is 0.821. The van der Waals surface area contributed by atoms with Gasteiger partial charge in [-0.3, -0.25) is 0 Å². The zero-order valence-corrected chi connectivity index (χ0v) is 12.5. The number of carbonyl (C=O) groups is 1. The second-order valence-corrected chi connectivity index (χ2v) is 4.82. The van der Waals surface area contributed by atoms with E-state index in [-0.39, 0.29) is 5.56 Å². The molecule has 0 unspecified atom stereocenters. The van der Waals surface area contributed by atoms with Gasteiger partial charge in [0.05, 0.1) is 0 Å². The number of halogens is 1. The van der Waals surface area contributed by atoms with E-state index < -0.39 is 5.97 Å². The molecule has 0 aromatic heterocycles. The Balaban J connectivity index is 3.00. The van der Waals surface area contributed by atoms with Crippen molar-refractivity contribution in [3.63, 3.8) is 0 Å². The van der Waals surface area contributed by atoms with Crippen molar-refractivity contribution in [2.45, 2.75) is 20.8 Å². The predicted octanol–water partition coefficient (Wildman–Crippen LogP) is 4.19. The topological polar surface area (TPSA) is 46.5 Å². The van der Waals surface area contributed by atoms with Gasteiger partial charge in [0.25, 0.3) is 0 Å². The summed E-state index contributed by atoms with van der Waals surface area (Å²) < 4.78 is 5.20. The summed E-state index contributed by atoms with van der Waals surface area (Å²) in [5.74, 6) is -0.530. The lowest BCUT2D eigenvalue weighted by Gasteiger charge is -2.13. The van der Waals surface area contributed by atoms with Crippen molar-refractivity contribution in [1.82, 2.24) is 0 Å². The van der Waals surface area contributed by atoms with Gasteiger partial charge in [-0.05, 0) is 48.9 Å². The van der Waals surface area contributed by atoms with Gasteiger partial charge in [0, 0.05) is 5.39 Å².